The number of methoxy groups -OCH3 is 1. The zero-order valence-corrected chi connectivity index (χ0v) is 11.1. The molecule has 0 N–H and O–H groups in total. The highest BCUT2D eigenvalue weighted by Crippen LogP contribution is 2.29. The first kappa shape index (κ1) is 13.9. The van der Waals surface area contributed by atoms with E-state index in [1.807, 2.05) is 6.92 Å². The van der Waals surface area contributed by atoms with E-state index in [2.05, 4.69) is 6.92 Å². The lowest BCUT2D eigenvalue weighted by atomic mass is 9.91. The summed E-state index contributed by atoms with van der Waals surface area (Å²) in [6.07, 6.45) is 3.27. The summed E-state index contributed by atoms with van der Waals surface area (Å²) in [5, 5.41) is -0.340. The second-order valence-corrected chi connectivity index (χ2v) is 6.39. The Morgan fingerprint density at radius 1 is 1.25 bits per heavy atom. The van der Waals surface area contributed by atoms with Crippen molar-refractivity contribution in [1.82, 2.24) is 0 Å². The molecule has 1 saturated carbocycles. The zero-order chi connectivity index (χ0) is 12.2. The Hall–Kier alpha value is -0.130. The van der Waals surface area contributed by atoms with Gasteiger partial charge in [-0.05, 0) is 38.0 Å². The summed E-state index contributed by atoms with van der Waals surface area (Å²) in [5.41, 5.74) is 0. The second kappa shape index (κ2) is 5.98. The topological polar surface area (TPSA) is 52.6 Å². The van der Waals surface area contributed by atoms with Gasteiger partial charge in [0, 0.05) is 7.11 Å². The van der Waals surface area contributed by atoms with E-state index in [0.29, 0.717) is 25.2 Å². The highest BCUT2D eigenvalue weighted by atomic mass is 32.2. The Kier molecular flexibility index (Phi) is 5.21. The summed E-state index contributed by atoms with van der Waals surface area (Å²) in [5.74, 6) is 0.635. The average Bonchev–Trinajstić information content (AvgIpc) is 2.26. The van der Waals surface area contributed by atoms with Crippen LogP contribution in [0.4, 0.5) is 0 Å². The summed E-state index contributed by atoms with van der Waals surface area (Å²) in [4.78, 5) is 0. The molecule has 1 aliphatic rings. The van der Waals surface area contributed by atoms with Gasteiger partial charge in [-0.1, -0.05) is 13.8 Å². The van der Waals surface area contributed by atoms with E-state index < -0.39 is 16.4 Å². The molecule has 0 spiro atoms. The van der Waals surface area contributed by atoms with Crippen molar-refractivity contribution in [3.05, 3.63) is 0 Å². The quantitative estimate of drug-likeness (QED) is 0.555. The highest BCUT2D eigenvalue weighted by molar-refractivity contribution is 7.87. The van der Waals surface area contributed by atoms with Crippen molar-refractivity contribution in [3.8, 4) is 0 Å². The van der Waals surface area contributed by atoms with Crippen LogP contribution >= 0.6 is 0 Å². The van der Waals surface area contributed by atoms with Gasteiger partial charge in [0.2, 0.25) is 0 Å². The van der Waals surface area contributed by atoms with Gasteiger partial charge in [0.1, 0.15) is 0 Å². The Morgan fingerprint density at radius 2 is 1.81 bits per heavy atom. The molecule has 0 aromatic carbocycles. The van der Waals surface area contributed by atoms with Crippen molar-refractivity contribution in [2.45, 2.75) is 57.5 Å². The van der Waals surface area contributed by atoms with Crippen LogP contribution < -0.4 is 0 Å². The van der Waals surface area contributed by atoms with E-state index in [1.54, 1.807) is 0 Å². The lowest BCUT2D eigenvalue weighted by Gasteiger charge is -2.26. The monoisotopic (exact) mass is 250 g/mol. The first-order chi connectivity index (χ1) is 7.49. The average molecular weight is 250 g/mol. The van der Waals surface area contributed by atoms with Gasteiger partial charge in [-0.3, -0.25) is 0 Å². The molecule has 0 saturated heterocycles. The molecule has 1 rings (SSSR count). The Bertz CT molecular complexity index is 287. The van der Waals surface area contributed by atoms with Gasteiger partial charge in [0.05, 0.1) is 5.25 Å². The number of hydrogen-bond donors (Lipinski definition) is 0. The molecule has 1 unspecified atom stereocenters. The Balaban J connectivity index is 2.56. The maximum absolute atomic E-state index is 11.9. The molecule has 16 heavy (non-hydrogen) atoms. The van der Waals surface area contributed by atoms with Crippen LogP contribution in [-0.4, -0.2) is 27.1 Å². The summed E-state index contributed by atoms with van der Waals surface area (Å²) >= 11 is 0. The number of rotatable bonds is 5. The predicted octanol–water partition coefficient (Wildman–Crippen LogP) is 2.29. The van der Waals surface area contributed by atoms with Gasteiger partial charge in [-0.25, -0.2) is 4.18 Å². The molecule has 5 heteroatoms. The summed E-state index contributed by atoms with van der Waals surface area (Å²) in [6.45, 7) is 4.00. The highest BCUT2D eigenvalue weighted by Gasteiger charge is 2.32. The Labute approximate surface area is 98.4 Å². The third-order valence-corrected chi connectivity index (χ3v) is 4.98. The number of hydrogen-bond acceptors (Lipinski definition) is 4. The molecule has 0 radical (unpaired) electrons. The van der Waals surface area contributed by atoms with Crippen LogP contribution in [0.15, 0.2) is 0 Å². The van der Waals surface area contributed by atoms with Crippen LogP contribution in [-0.2, 0) is 19.0 Å². The van der Waals surface area contributed by atoms with Crippen LogP contribution in [0.25, 0.3) is 0 Å². The molecule has 0 aromatic rings. The molecule has 0 bridgehead atoms. The largest absolute Gasteiger partial charge is 0.355 e. The maximum Gasteiger partial charge on any atom is 0.272 e. The molecule has 1 aliphatic carbocycles. The lowest BCUT2D eigenvalue weighted by molar-refractivity contribution is -0.0514. The van der Waals surface area contributed by atoms with Crippen LogP contribution in [0.5, 0.6) is 0 Å². The lowest BCUT2D eigenvalue weighted by Crippen LogP contribution is -2.31. The zero-order valence-electron chi connectivity index (χ0n) is 10.3. The van der Waals surface area contributed by atoms with Crippen LogP contribution in [0.1, 0.15) is 46.0 Å². The van der Waals surface area contributed by atoms with Crippen molar-refractivity contribution >= 4 is 10.1 Å². The summed E-state index contributed by atoms with van der Waals surface area (Å²) in [6, 6.07) is 0. The molecule has 96 valence electrons. The predicted molar refractivity (Wildman–Crippen MR) is 62.5 cm³/mol. The molecule has 1 fully saturated rings. The molecular weight excluding hydrogens is 228 g/mol. The van der Waals surface area contributed by atoms with Gasteiger partial charge < -0.3 is 4.74 Å². The first-order valence-electron chi connectivity index (χ1n) is 5.94. The Morgan fingerprint density at radius 3 is 2.25 bits per heavy atom. The minimum absolute atomic E-state index is 0.340. The summed E-state index contributed by atoms with van der Waals surface area (Å²) in [7, 11) is -1.99. The van der Waals surface area contributed by atoms with Crippen LogP contribution in [0.2, 0.25) is 0 Å². The molecule has 0 aromatic heterocycles. The van der Waals surface area contributed by atoms with E-state index in [1.165, 1.54) is 7.11 Å². The van der Waals surface area contributed by atoms with E-state index in [0.717, 1.165) is 12.8 Å². The van der Waals surface area contributed by atoms with E-state index in [9.17, 15) is 8.42 Å². The van der Waals surface area contributed by atoms with Crippen molar-refractivity contribution in [3.63, 3.8) is 0 Å². The van der Waals surface area contributed by atoms with Gasteiger partial charge in [0.25, 0.3) is 10.1 Å². The van der Waals surface area contributed by atoms with Crippen LogP contribution in [0, 0.1) is 5.92 Å². The maximum atomic E-state index is 11.9. The fourth-order valence-electron chi connectivity index (χ4n) is 2.02. The van der Waals surface area contributed by atoms with Gasteiger partial charge in [-0.2, -0.15) is 8.42 Å². The SMILES string of the molecule is CCC(OC)OS(=O)(=O)C1CCC(C)CC1. The number of ether oxygens (including phenoxy) is 1. The minimum atomic E-state index is -3.46. The van der Waals surface area contributed by atoms with Gasteiger partial charge >= 0.3 is 0 Å². The summed E-state index contributed by atoms with van der Waals surface area (Å²) < 4.78 is 33.8. The van der Waals surface area contributed by atoms with E-state index in [4.69, 9.17) is 8.92 Å². The normalized spacial score (nSPS) is 28.9. The first-order valence-corrected chi connectivity index (χ1v) is 7.41. The second-order valence-electron chi connectivity index (χ2n) is 4.54. The minimum Gasteiger partial charge on any atom is -0.355 e. The van der Waals surface area contributed by atoms with Gasteiger partial charge in [-0.15, -0.1) is 0 Å². The van der Waals surface area contributed by atoms with Crippen molar-refractivity contribution in [1.29, 1.82) is 0 Å². The molecule has 1 atom stereocenters. The van der Waals surface area contributed by atoms with E-state index >= 15 is 0 Å². The third-order valence-electron chi connectivity index (χ3n) is 3.21. The molecule has 0 heterocycles. The van der Waals surface area contributed by atoms with Gasteiger partial charge in [0.15, 0.2) is 6.29 Å². The molecular formula is C11H22O4S. The fourth-order valence-corrected chi connectivity index (χ4v) is 3.54. The van der Waals surface area contributed by atoms with Crippen molar-refractivity contribution < 1.29 is 17.3 Å². The van der Waals surface area contributed by atoms with Crippen molar-refractivity contribution in [2.24, 2.45) is 5.92 Å². The molecule has 4 nitrogen and oxygen atoms in total. The van der Waals surface area contributed by atoms with Crippen LogP contribution in [0.3, 0.4) is 0 Å². The fraction of sp³-hybridized carbons (Fsp3) is 1.00. The van der Waals surface area contributed by atoms with Crippen molar-refractivity contribution in [2.75, 3.05) is 7.11 Å². The standard InChI is InChI=1S/C11H22O4S/c1-4-11(14-3)15-16(12,13)10-7-5-9(2)6-8-10/h9-11H,4-8H2,1-3H3. The molecule has 0 amide bonds. The smallest absolute Gasteiger partial charge is 0.272 e. The molecule has 0 aliphatic heterocycles. The third kappa shape index (κ3) is 3.71. The van der Waals surface area contributed by atoms with E-state index in [-0.39, 0.29) is 5.25 Å².